The van der Waals surface area contributed by atoms with Gasteiger partial charge in [-0.15, -0.1) is 11.3 Å². The summed E-state index contributed by atoms with van der Waals surface area (Å²) in [5.74, 6) is 0.462. The van der Waals surface area contributed by atoms with Crippen molar-refractivity contribution in [3.8, 4) is 0 Å². The molecule has 130 valence electrons. The molecule has 7 heteroatoms. The number of hydrogen-bond acceptors (Lipinski definition) is 6. The lowest BCUT2D eigenvalue weighted by molar-refractivity contribution is 0.0169. The zero-order valence-corrected chi connectivity index (χ0v) is 14.9. The Bertz CT molecular complexity index is 663. The van der Waals surface area contributed by atoms with Crippen LogP contribution < -0.4 is 5.32 Å². The van der Waals surface area contributed by atoms with Gasteiger partial charge in [-0.2, -0.15) is 0 Å². The molecule has 0 saturated carbocycles. The number of hydrogen-bond donors (Lipinski definition) is 1. The number of morpholine rings is 1. The van der Waals surface area contributed by atoms with E-state index in [2.05, 4.69) is 32.9 Å². The van der Waals surface area contributed by atoms with Gasteiger partial charge in [0.15, 0.2) is 0 Å². The lowest BCUT2D eigenvalue weighted by Gasteiger charge is -2.34. The molecule has 0 unspecified atom stereocenters. The van der Waals surface area contributed by atoms with Crippen molar-refractivity contribution in [3.63, 3.8) is 0 Å². The van der Waals surface area contributed by atoms with E-state index in [9.17, 15) is 4.79 Å². The van der Waals surface area contributed by atoms with E-state index in [4.69, 9.17) is 9.26 Å². The molecule has 0 radical (unpaired) electrons. The number of aryl methyl sites for hydroxylation is 2. The van der Waals surface area contributed by atoms with E-state index in [1.165, 1.54) is 4.88 Å². The Labute approximate surface area is 145 Å². The van der Waals surface area contributed by atoms with Crippen LogP contribution in [0.15, 0.2) is 22.0 Å². The zero-order chi connectivity index (χ0) is 16.9. The molecule has 24 heavy (non-hydrogen) atoms. The molecule has 1 amide bonds. The summed E-state index contributed by atoms with van der Waals surface area (Å²) in [6.45, 7) is 7.54. The van der Waals surface area contributed by atoms with Crippen LogP contribution in [0.3, 0.4) is 0 Å². The third-order valence-corrected chi connectivity index (χ3v) is 5.28. The summed E-state index contributed by atoms with van der Waals surface area (Å²) >= 11 is 1.72. The third-order valence-electron chi connectivity index (χ3n) is 4.31. The Balaban J connectivity index is 1.71. The Morgan fingerprint density at radius 2 is 2.25 bits per heavy atom. The number of thiophene rings is 1. The highest BCUT2D eigenvalue weighted by Gasteiger charge is 2.25. The van der Waals surface area contributed by atoms with Gasteiger partial charge in [0.2, 0.25) is 0 Å². The number of nitrogens with zero attached hydrogens (tertiary/aromatic N) is 2. The van der Waals surface area contributed by atoms with Crippen LogP contribution in [0.1, 0.15) is 39.7 Å². The summed E-state index contributed by atoms with van der Waals surface area (Å²) in [5.41, 5.74) is 1.29. The number of carbonyl (C=O) groups excluding carboxylic acids is 1. The van der Waals surface area contributed by atoms with Gasteiger partial charge < -0.3 is 14.6 Å². The summed E-state index contributed by atoms with van der Waals surface area (Å²) in [6, 6.07) is 4.34. The fourth-order valence-electron chi connectivity index (χ4n) is 3.01. The number of carbonyl (C=O) groups is 1. The van der Waals surface area contributed by atoms with Gasteiger partial charge in [-0.1, -0.05) is 18.1 Å². The first-order chi connectivity index (χ1) is 11.7. The average Bonchev–Trinajstić information content (AvgIpc) is 3.25. The molecule has 2 aromatic heterocycles. The monoisotopic (exact) mass is 349 g/mol. The Morgan fingerprint density at radius 1 is 1.46 bits per heavy atom. The highest BCUT2D eigenvalue weighted by atomic mass is 32.1. The Hall–Kier alpha value is -1.70. The quantitative estimate of drug-likeness (QED) is 0.867. The number of nitrogens with one attached hydrogen (secondary N) is 1. The molecule has 0 aromatic carbocycles. The second-order valence-electron chi connectivity index (χ2n) is 5.80. The minimum absolute atomic E-state index is 0.111. The minimum atomic E-state index is -0.111. The summed E-state index contributed by atoms with van der Waals surface area (Å²) in [5, 5.41) is 9.11. The first-order valence-electron chi connectivity index (χ1n) is 8.29. The van der Waals surface area contributed by atoms with Crippen molar-refractivity contribution in [1.82, 2.24) is 15.4 Å². The van der Waals surface area contributed by atoms with Crippen LogP contribution >= 0.6 is 11.3 Å². The zero-order valence-electron chi connectivity index (χ0n) is 14.1. The largest absolute Gasteiger partial charge is 0.379 e. The molecule has 1 saturated heterocycles. The van der Waals surface area contributed by atoms with Crippen molar-refractivity contribution in [1.29, 1.82) is 0 Å². The molecule has 1 N–H and O–H groups in total. The second kappa shape index (κ2) is 7.92. The van der Waals surface area contributed by atoms with Crippen LogP contribution in [-0.2, 0) is 11.2 Å². The van der Waals surface area contributed by atoms with Crippen LogP contribution in [0.4, 0.5) is 0 Å². The van der Waals surface area contributed by atoms with Crippen molar-refractivity contribution in [2.75, 3.05) is 32.8 Å². The molecular formula is C17H23N3O3S. The molecule has 0 bridgehead atoms. The van der Waals surface area contributed by atoms with Gasteiger partial charge in [0, 0.05) is 24.5 Å². The first kappa shape index (κ1) is 17.1. The van der Waals surface area contributed by atoms with E-state index >= 15 is 0 Å². The maximum absolute atomic E-state index is 12.6. The maximum Gasteiger partial charge on any atom is 0.256 e. The molecule has 0 aliphatic carbocycles. The SMILES string of the molecule is CCc1noc(C)c1C(=O)NC[C@H](c1cccs1)N1CCOCC1. The van der Waals surface area contributed by atoms with Gasteiger partial charge >= 0.3 is 0 Å². The number of ether oxygens (including phenoxy) is 1. The highest BCUT2D eigenvalue weighted by molar-refractivity contribution is 7.10. The Kier molecular flexibility index (Phi) is 5.65. The average molecular weight is 349 g/mol. The molecule has 3 rings (SSSR count). The predicted octanol–water partition coefficient (Wildman–Crippen LogP) is 2.41. The summed E-state index contributed by atoms with van der Waals surface area (Å²) < 4.78 is 10.6. The van der Waals surface area contributed by atoms with Gasteiger partial charge in [0.25, 0.3) is 5.91 Å². The van der Waals surface area contributed by atoms with Crippen LogP contribution in [-0.4, -0.2) is 48.8 Å². The normalized spacial score (nSPS) is 16.9. The van der Waals surface area contributed by atoms with Gasteiger partial charge in [-0.05, 0) is 24.8 Å². The highest BCUT2D eigenvalue weighted by Crippen LogP contribution is 2.25. The van der Waals surface area contributed by atoms with E-state index in [0.717, 1.165) is 26.3 Å². The van der Waals surface area contributed by atoms with E-state index in [0.29, 0.717) is 30.0 Å². The maximum atomic E-state index is 12.6. The van der Waals surface area contributed by atoms with Crippen molar-refractivity contribution in [2.45, 2.75) is 26.3 Å². The number of aromatic nitrogens is 1. The molecule has 2 aromatic rings. The third kappa shape index (κ3) is 3.68. The van der Waals surface area contributed by atoms with Gasteiger partial charge in [0.1, 0.15) is 11.3 Å². The standard InChI is InChI=1S/C17H23N3O3S/c1-3-13-16(12(2)23-19-13)17(21)18-11-14(15-5-4-10-24-15)20-6-8-22-9-7-20/h4-5,10,14H,3,6-9,11H2,1-2H3,(H,18,21)/t14-/m1/s1. The van der Waals surface area contributed by atoms with Crippen LogP contribution in [0.25, 0.3) is 0 Å². The predicted molar refractivity (Wildman–Crippen MR) is 92.4 cm³/mol. The van der Waals surface area contributed by atoms with E-state index in [1.807, 2.05) is 6.92 Å². The summed E-state index contributed by atoms with van der Waals surface area (Å²) in [6.07, 6.45) is 0.678. The fraction of sp³-hybridized carbons (Fsp3) is 0.529. The van der Waals surface area contributed by atoms with Crippen LogP contribution in [0.2, 0.25) is 0 Å². The molecule has 1 aliphatic rings. The molecule has 1 fully saturated rings. The van der Waals surface area contributed by atoms with E-state index in [-0.39, 0.29) is 11.9 Å². The number of rotatable bonds is 6. The summed E-state index contributed by atoms with van der Waals surface area (Å²) in [7, 11) is 0. The molecule has 3 heterocycles. The van der Waals surface area contributed by atoms with E-state index in [1.54, 1.807) is 18.3 Å². The van der Waals surface area contributed by atoms with E-state index < -0.39 is 0 Å². The van der Waals surface area contributed by atoms with Gasteiger partial charge in [-0.3, -0.25) is 9.69 Å². The molecule has 6 nitrogen and oxygen atoms in total. The number of amides is 1. The van der Waals surface area contributed by atoms with Crippen molar-refractivity contribution >= 4 is 17.2 Å². The van der Waals surface area contributed by atoms with Crippen molar-refractivity contribution in [3.05, 3.63) is 39.4 Å². The molecular weight excluding hydrogens is 326 g/mol. The lowest BCUT2D eigenvalue weighted by Crippen LogP contribution is -2.43. The van der Waals surface area contributed by atoms with Gasteiger partial charge in [-0.25, -0.2) is 0 Å². The molecule has 0 spiro atoms. The summed E-state index contributed by atoms with van der Waals surface area (Å²) in [4.78, 5) is 16.2. The second-order valence-corrected chi connectivity index (χ2v) is 6.78. The van der Waals surface area contributed by atoms with Crippen molar-refractivity contribution < 1.29 is 14.1 Å². The van der Waals surface area contributed by atoms with Crippen LogP contribution in [0, 0.1) is 6.92 Å². The topological polar surface area (TPSA) is 67.6 Å². The Morgan fingerprint density at radius 3 is 2.92 bits per heavy atom. The minimum Gasteiger partial charge on any atom is -0.379 e. The van der Waals surface area contributed by atoms with Gasteiger partial charge in [0.05, 0.1) is 24.9 Å². The van der Waals surface area contributed by atoms with Crippen LogP contribution in [0.5, 0.6) is 0 Å². The van der Waals surface area contributed by atoms with Crippen molar-refractivity contribution in [2.24, 2.45) is 0 Å². The molecule has 1 aliphatic heterocycles. The fourth-order valence-corrected chi connectivity index (χ4v) is 3.87. The lowest BCUT2D eigenvalue weighted by atomic mass is 10.1. The molecule has 1 atom stereocenters. The smallest absolute Gasteiger partial charge is 0.256 e. The first-order valence-corrected chi connectivity index (χ1v) is 9.17.